The Morgan fingerprint density at radius 1 is 1.67 bits per heavy atom. The van der Waals surface area contributed by atoms with E-state index in [1.807, 2.05) is 6.07 Å². The monoisotopic (exact) mass is 225 g/mol. The van der Waals surface area contributed by atoms with Crippen LogP contribution in [0.15, 0.2) is 18.2 Å². The van der Waals surface area contributed by atoms with Gasteiger partial charge < -0.3 is 0 Å². The Bertz CT molecular complexity index is 405. The Hall–Kier alpha value is -1.40. The van der Waals surface area contributed by atoms with Crippen LogP contribution in [0.25, 0.3) is 0 Å². The highest BCUT2D eigenvalue weighted by molar-refractivity contribution is 6.34. The average molecular weight is 226 g/mol. The van der Waals surface area contributed by atoms with Gasteiger partial charge in [-0.2, -0.15) is 5.26 Å². The first kappa shape index (κ1) is 11.7. The highest BCUT2D eigenvalue weighted by atomic mass is 35.5. The van der Waals surface area contributed by atoms with Crippen molar-refractivity contribution in [1.82, 2.24) is 0 Å². The molecule has 0 heterocycles. The average Bonchev–Trinajstić information content (AvgIpc) is 2.17. The lowest BCUT2D eigenvalue weighted by molar-refractivity contribution is 0.0969. The zero-order chi connectivity index (χ0) is 11.4. The van der Waals surface area contributed by atoms with Gasteiger partial charge in [0.05, 0.1) is 22.6 Å². The van der Waals surface area contributed by atoms with Crippen LogP contribution in [0.5, 0.6) is 0 Å². The molecule has 0 radical (unpaired) electrons. The van der Waals surface area contributed by atoms with Crippen molar-refractivity contribution in [3.05, 3.63) is 34.6 Å². The van der Waals surface area contributed by atoms with E-state index in [-0.39, 0.29) is 17.0 Å². The lowest BCUT2D eigenvalue weighted by Crippen LogP contribution is -2.07. The molecule has 1 rings (SSSR count). The number of nitrogens with zero attached hydrogens (tertiary/aromatic N) is 1. The summed E-state index contributed by atoms with van der Waals surface area (Å²) in [6.45, 7) is 1.60. The molecular weight excluding hydrogens is 217 g/mol. The van der Waals surface area contributed by atoms with Crippen LogP contribution in [0.1, 0.15) is 23.7 Å². The van der Waals surface area contributed by atoms with Crippen molar-refractivity contribution in [2.45, 2.75) is 13.3 Å². The van der Waals surface area contributed by atoms with Gasteiger partial charge in [-0.25, -0.2) is 4.39 Å². The van der Waals surface area contributed by atoms with Gasteiger partial charge >= 0.3 is 0 Å². The molecule has 0 amide bonds. The number of benzene rings is 1. The van der Waals surface area contributed by atoms with Crippen molar-refractivity contribution in [2.75, 3.05) is 0 Å². The van der Waals surface area contributed by atoms with Crippen molar-refractivity contribution in [3.8, 4) is 6.07 Å². The number of nitriles is 1. The molecule has 1 aromatic carbocycles. The summed E-state index contributed by atoms with van der Waals surface area (Å²) < 4.78 is 13.3. The summed E-state index contributed by atoms with van der Waals surface area (Å²) in [6, 6.07) is 5.98. The second kappa shape index (κ2) is 4.90. The predicted molar refractivity (Wildman–Crippen MR) is 55.1 cm³/mol. The fourth-order valence-corrected chi connectivity index (χ4v) is 1.46. The molecule has 0 aliphatic rings. The molecule has 1 aromatic rings. The van der Waals surface area contributed by atoms with E-state index in [0.29, 0.717) is 0 Å². The molecule has 0 aromatic heterocycles. The van der Waals surface area contributed by atoms with Crippen molar-refractivity contribution < 1.29 is 9.18 Å². The van der Waals surface area contributed by atoms with Crippen LogP contribution in [0, 0.1) is 23.1 Å². The van der Waals surface area contributed by atoms with Gasteiger partial charge in [-0.1, -0.05) is 17.7 Å². The number of hydrogen-bond acceptors (Lipinski definition) is 2. The normalized spacial score (nSPS) is 11.9. The van der Waals surface area contributed by atoms with Gasteiger partial charge in [-0.3, -0.25) is 4.79 Å². The predicted octanol–water partition coefficient (Wildman–Crippen LogP) is 3.21. The van der Waals surface area contributed by atoms with E-state index in [4.69, 9.17) is 16.9 Å². The molecular formula is C11H9ClFNO. The number of halogens is 2. The van der Waals surface area contributed by atoms with Gasteiger partial charge in [0.2, 0.25) is 0 Å². The summed E-state index contributed by atoms with van der Waals surface area (Å²) in [5.41, 5.74) is -0.124. The lowest BCUT2D eigenvalue weighted by atomic mass is 10.0. The van der Waals surface area contributed by atoms with Gasteiger partial charge in [-0.15, -0.1) is 0 Å². The SMILES string of the molecule is CC(C#N)CC(=O)c1c(F)cccc1Cl. The minimum Gasteiger partial charge on any atom is -0.294 e. The Morgan fingerprint density at radius 2 is 2.33 bits per heavy atom. The van der Waals surface area contributed by atoms with E-state index >= 15 is 0 Å². The third-order valence-corrected chi connectivity index (χ3v) is 2.27. The summed E-state index contributed by atoms with van der Waals surface area (Å²) in [4.78, 5) is 11.6. The fourth-order valence-electron chi connectivity index (χ4n) is 1.19. The highest BCUT2D eigenvalue weighted by Gasteiger charge is 2.17. The minimum absolute atomic E-state index is 0.0167. The first-order chi connectivity index (χ1) is 7.06. The second-order valence-corrected chi connectivity index (χ2v) is 3.66. The van der Waals surface area contributed by atoms with Crippen molar-refractivity contribution in [3.63, 3.8) is 0 Å². The van der Waals surface area contributed by atoms with Crippen LogP contribution in [0.3, 0.4) is 0 Å². The number of Topliss-reactive ketones (excluding diaryl/α,β-unsaturated/α-hetero) is 1. The van der Waals surface area contributed by atoms with Gasteiger partial charge in [0, 0.05) is 6.42 Å². The van der Waals surface area contributed by atoms with Crippen LogP contribution in [0.4, 0.5) is 4.39 Å². The summed E-state index contributed by atoms with van der Waals surface area (Å²) in [5, 5.41) is 8.63. The van der Waals surface area contributed by atoms with E-state index in [0.717, 1.165) is 0 Å². The number of carbonyl (C=O) groups is 1. The Labute approximate surface area is 92.3 Å². The van der Waals surface area contributed by atoms with E-state index in [1.165, 1.54) is 18.2 Å². The van der Waals surface area contributed by atoms with Crippen LogP contribution in [-0.4, -0.2) is 5.78 Å². The van der Waals surface area contributed by atoms with Gasteiger partial charge in [0.15, 0.2) is 5.78 Å². The Balaban J connectivity index is 2.97. The van der Waals surface area contributed by atoms with Gasteiger partial charge in [0.25, 0.3) is 0 Å². The lowest BCUT2D eigenvalue weighted by Gasteiger charge is -2.05. The van der Waals surface area contributed by atoms with Crippen LogP contribution in [0.2, 0.25) is 5.02 Å². The molecule has 4 heteroatoms. The standard InChI is InChI=1S/C11H9ClFNO/c1-7(6-14)5-10(15)11-8(12)3-2-4-9(11)13/h2-4,7H,5H2,1H3. The minimum atomic E-state index is -0.641. The topological polar surface area (TPSA) is 40.9 Å². The number of carbonyl (C=O) groups excluding carboxylic acids is 1. The Kier molecular flexibility index (Phi) is 3.81. The Morgan fingerprint density at radius 3 is 2.87 bits per heavy atom. The third kappa shape index (κ3) is 2.77. The smallest absolute Gasteiger partial charge is 0.168 e. The quantitative estimate of drug-likeness (QED) is 0.741. The largest absolute Gasteiger partial charge is 0.294 e. The van der Waals surface area contributed by atoms with Crippen molar-refractivity contribution >= 4 is 17.4 Å². The number of ketones is 1. The molecule has 0 aliphatic heterocycles. The molecule has 0 aliphatic carbocycles. The molecule has 1 atom stereocenters. The maximum absolute atomic E-state index is 13.3. The molecule has 1 unspecified atom stereocenters. The molecule has 2 nitrogen and oxygen atoms in total. The van der Waals surface area contributed by atoms with Crippen LogP contribution >= 0.6 is 11.6 Å². The second-order valence-electron chi connectivity index (χ2n) is 3.25. The summed E-state index contributed by atoms with van der Waals surface area (Å²) in [7, 11) is 0. The maximum atomic E-state index is 13.3. The first-order valence-corrected chi connectivity index (χ1v) is 4.81. The zero-order valence-corrected chi connectivity index (χ0v) is 8.88. The van der Waals surface area contributed by atoms with Crippen LogP contribution < -0.4 is 0 Å². The number of rotatable bonds is 3. The molecule has 0 saturated carbocycles. The van der Waals surface area contributed by atoms with Gasteiger partial charge in [-0.05, 0) is 19.1 Å². The molecule has 0 spiro atoms. The summed E-state index contributed by atoms with van der Waals surface area (Å²) in [6.07, 6.45) is -0.0167. The van der Waals surface area contributed by atoms with Crippen LogP contribution in [-0.2, 0) is 0 Å². The first-order valence-electron chi connectivity index (χ1n) is 4.43. The van der Waals surface area contributed by atoms with E-state index in [2.05, 4.69) is 0 Å². The molecule has 0 bridgehead atoms. The van der Waals surface area contributed by atoms with Gasteiger partial charge in [0.1, 0.15) is 5.82 Å². The number of hydrogen-bond donors (Lipinski definition) is 0. The maximum Gasteiger partial charge on any atom is 0.168 e. The highest BCUT2D eigenvalue weighted by Crippen LogP contribution is 2.21. The molecule has 78 valence electrons. The molecule has 0 saturated heterocycles. The molecule has 0 N–H and O–H groups in total. The van der Waals surface area contributed by atoms with E-state index < -0.39 is 17.5 Å². The zero-order valence-electron chi connectivity index (χ0n) is 8.13. The van der Waals surface area contributed by atoms with Crippen molar-refractivity contribution in [2.24, 2.45) is 5.92 Å². The molecule has 15 heavy (non-hydrogen) atoms. The van der Waals surface area contributed by atoms with E-state index in [9.17, 15) is 9.18 Å². The summed E-state index contributed by atoms with van der Waals surface area (Å²) in [5.74, 6) is -1.52. The fraction of sp³-hybridized carbons (Fsp3) is 0.273. The van der Waals surface area contributed by atoms with Crippen molar-refractivity contribution in [1.29, 1.82) is 5.26 Å². The molecule has 0 fully saturated rings. The van der Waals surface area contributed by atoms with E-state index in [1.54, 1.807) is 6.92 Å². The third-order valence-electron chi connectivity index (χ3n) is 1.95. The summed E-state index contributed by atoms with van der Waals surface area (Å²) >= 11 is 5.71.